The molecule has 0 aromatic carbocycles. The predicted octanol–water partition coefficient (Wildman–Crippen LogP) is 3.44. The summed E-state index contributed by atoms with van der Waals surface area (Å²) < 4.78 is 5.35. The standard InChI is InChI=1S/C17H29N3OS/c1-3-18-17(19-11-10-15-8-6-12-21-15)20-14-7-5-9-16(13-14)22-4-2/h6,8,12,14,16H,3-5,7,9-11,13H2,1-2H3,(H2,18,19,20). The minimum absolute atomic E-state index is 0.555. The van der Waals surface area contributed by atoms with E-state index in [1.165, 1.54) is 31.4 Å². The maximum atomic E-state index is 5.35. The molecule has 0 amide bonds. The van der Waals surface area contributed by atoms with Gasteiger partial charge >= 0.3 is 0 Å². The van der Waals surface area contributed by atoms with Crippen molar-refractivity contribution in [3.8, 4) is 0 Å². The third-order valence-electron chi connectivity index (χ3n) is 3.92. The van der Waals surface area contributed by atoms with Crippen molar-refractivity contribution in [3.05, 3.63) is 24.2 Å². The van der Waals surface area contributed by atoms with Crippen molar-refractivity contribution >= 4 is 17.7 Å². The van der Waals surface area contributed by atoms with Crippen LogP contribution in [0.25, 0.3) is 0 Å². The van der Waals surface area contributed by atoms with Crippen LogP contribution < -0.4 is 10.6 Å². The molecule has 4 nitrogen and oxygen atoms in total. The molecule has 1 aromatic rings. The molecule has 1 heterocycles. The normalized spacial score (nSPS) is 22.5. The Morgan fingerprint density at radius 2 is 2.32 bits per heavy atom. The van der Waals surface area contributed by atoms with Gasteiger partial charge < -0.3 is 15.1 Å². The van der Waals surface area contributed by atoms with Crippen LogP contribution in [0.5, 0.6) is 0 Å². The van der Waals surface area contributed by atoms with Gasteiger partial charge in [-0.2, -0.15) is 11.8 Å². The van der Waals surface area contributed by atoms with Crippen LogP contribution in [0.1, 0.15) is 45.3 Å². The van der Waals surface area contributed by atoms with E-state index in [1.54, 1.807) is 6.26 Å². The molecule has 2 atom stereocenters. The zero-order valence-corrected chi connectivity index (χ0v) is 14.6. The molecule has 1 aromatic heterocycles. The molecule has 1 fully saturated rings. The lowest BCUT2D eigenvalue weighted by Crippen LogP contribution is -2.45. The number of hydrogen-bond donors (Lipinski definition) is 2. The largest absolute Gasteiger partial charge is 0.469 e. The van der Waals surface area contributed by atoms with Crippen LogP contribution in [0.4, 0.5) is 0 Å². The fourth-order valence-corrected chi connectivity index (χ4v) is 4.08. The summed E-state index contributed by atoms with van der Waals surface area (Å²) in [6.45, 7) is 6.01. The third kappa shape index (κ3) is 5.95. The summed E-state index contributed by atoms with van der Waals surface area (Å²) in [5.41, 5.74) is 0. The van der Waals surface area contributed by atoms with Crippen molar-refractivity contribution in [3.63, 3.8) is 0 Å². The highest BCUT2D eigenvalue weighted by Crippen LogP contribution is 2.28. The number of nitrogens with one attached hydrogen (secondary N) is 2. The van der Waals surface area contributed by atoms with E-state index in [2.05, 4.69) is 41.2 Å². The number of furan rings is 1. The van der Waals surface area contributed by atoms with E-state index in [0.717, 1.165) is 36.5 Å². The van der Waals surface area contributed by atoms with Crippen molar-refractivity contribution in [1.29, 1.82) is 0 Å². The molecule has 0 spiro atoms. The van der Waals surface area contributed by atoms with Crippen LogP contribution in [-0.2, 0) is 6.42 Å². The molecular formula is C17H29N3OS. The van der Waals surface area contributed by atoms with Crippen LogP contribution in [0, 0.1) is 0 Å². The minimum Gasteiger partial charge on any atom is -0.469 e. The van der Waals surface area contributed by atoms with Gasteiger partial charge in [0.2, 0.25) is 0 Å². The second kappa shape index (κ2) is 9.82. The molecule has 1 saturated carbocycles. The first-order valence-corrected chi connectivity index (χ1v) is 9.55. The van der Waals surface area contributed by atoms with Crippen LogP contribution in [0.2, 0.25) is 0 Å². The first-order valence-electron chi connectivity index (χ1n) is 8.50. The maximum absolute atomic E-state index is 5.35. The molecule has 0 radical (unpaired) electrons. The fourth-order valence-electron chi connectivity index (χ4n) is 2.91. The molecular weight excluding hydrogens is 294 g/mol. The Morgan fingerprint density at radius 3 is 3.05 bits per heavy atom. The summed E-state index contributed by atoms with van der Waals surface area (Å²) in [6, 6.07) is 4.49. The number of aliphatic imine (C=N–C) groups is 1. The Morgan fingerprint density at radius 1 is 1.41 bits per heavy atom. The second-order valence-electron chi connectivity index (χ2n) is 5.68. The van der Waals surface area contributed by atoms with E-state index in [0.29, 0.717) is 6.04 Å². The predicted molar refractivity (Wildman–Crippen MR) is 95.7 cm³/mol. The molecule has 124 valence electrons. The van der Waals surface area contributed by atoms with Crippen LogP contribution in [0.15, 0.2) is 27.8 Å². The molecule has 1 aliphatic carbocycles. The second-order valence-corrected chi connectivity index (χ2v) is 7.25. The molecule has 22 heavy (non-hydrogen) atoms. The van der Waals surface area contributed by atoms with E-state index in [-0.39, 0.29) is 0 Å². The number of thioether (sulfide) groups is 1. The first kappa shape index (κ1) is 17.3. The summed E-state index contributed by atoms with van der Waals surface area (Å²) >= 11 is 2.10. The van der Waals surface area contributed by atoms with E-state index < -0.39 is 0 Å². The molecule has 2 rings (SSSR count). The van der Waals surface area contributed by atoms with Crippen molar-refractivity contribution in [2.75, 3.05) is 18.8 Å². The SMILES string of the molecule is CCNC(=NCCc1ccco1)NC1CCCC(SCC)C1. The van der Waals surface area contributed by atoms with Gasteiger partial charge in [0, 0.05) is 30.8 Å². The van der Waals surface area contributed by atoms with Gasteiger partial charge in [-0.05, 0) is 44.1 Å². The fraction of sp³-hybridized carbons (Fsp3) is 0.706. The Balaban J connectivity index is 1.81. The van der Waals surface area contributed by atoms with Crippen molar-refractivity contribution < 1.29 is 4.42 Å². The van der Waals surface area contributed by atoms with Gasteiger partial charge in [-0.3, -0.25) is 4.99 Å². The van der Waals surface area contributed by atoms with Gasteiger partial charge in [-0.25, -0.2) is 0 Å². The smallest absolute Gasteiger partial charge is 0.191 e. The Kier molecular flexibility index (Phi) is 7.71. The summed E-state index contributed by atoms with van der Waals surface area (Å²) in [5, 5.41) is 7.79. The van der Waals surface area contributed by atoms with E-state index in [1.807, 2.05) is 12.1 Å². The Bertz CT molecular complexity index is 431. The molecule has 2 unspecified atom stereocenters. The van der Waals surface area contributed by atoms with E-state index in [9.17, 15) is 0 Å². The first-order chi connectivity index (χ1) is 10.8. The van der Waals surface area contributed by atoms with Crippen LogP contribution >= 0.6 is 11.8 Å². The molecule has 5 heteroatoms. The highest BCUT2D eigenvalue weighted by molar-refractivity contribution is 7.99. The molecule has 2 N–H and O–H groups in total. The summed E-state index contributed by atoms with van der Waals surface area (Å²) in [5.74, 6) is 3.16. The van der Waals surface area contributed by atoms with Gasteiger partial charge in [0.05, 0.1) is 6.26 Å². The van der Waals surface area contributed by atoms with Crippen molar-refractivity contribution in [2.24, 2.45) is 4.99 Å². The zero-order valence-electron chi connectivity index (χ0n) is 13.8. The van der Waals surface area contributed by atoms with Crippen molar-refractivity contribution in [1.82, 2.24) is 10.6 Å². The lowest BCUT2D eigenvalue weighted by molar-refractivity contribution is 0.418. The van der Waals surface area contributed by atoms with Gasteiger partial charge in [-0.1, -0.05) is 13.3 Å². The number of nitrogens with zero attached hydrogens (tertiary/aromatic N) is 1. The number of hydrogen-bond acceptors (Lipinski definition) is 3. The third-order valence-corrected chi connectivity index (χ3v) is 5.15. The average Bonchev–Trinajstić information content (AvgIpc) is 3.01. The highest BCUT2D eigenvalue weighted by atomic mass is 32.2. The summed E-state index contributed by atoms with van der Waals surface area (Å²) in [4.78, 5) is 4.68. The monoisotopic (exact) mass is 323 g/mol. The van der Waals surface area contributed by atoms with Crippen molar-refractivity contribution in [2.45, 2.75) is 57.2 Å². The zero-order chi connectivity index (χ0) is 15.6. The number of rotatable bonds is 7. The lowest BCUT2D eigenvalue weighted by atomic mass is 9.95. The van der Waals surface area contributed by atoms with E-state index in [4.69, 9.17) is 4.42 Å². The van der Waals surface area contributed by atoms with Gasteiger partial charge in [-0.15, -0.1) is 0 Å². The Hall–Kier alpha value is -1.10. The van der Waals surface area contributed by atoms with E-state index >= 15 is 0 Å². The topological polar surface area (TPSA) is 49.6 Å². The van der Waals surface area contributed by atoms with Crippen LogP contribution in [-0.4, -0.2) is 36.1 Å². The van der Waals surface area contributed by atoms with Gasteiger partial charge in [0.15, 0.2) is 5.96 Å². The summed E-state index contributed by atoms with van der Waals surface area (Å²) in [6.07, 6.45) is 7.76. The average molecular weight is 324 g/mol. The lowest BCUT2D eigenvalue weighted by Gasteiger charge is -2.30. The summed E-state index contributed by atoms with van der Waals surface area (Å²) in [7, 11) is 0. The molecule has 1 aliphatic rings. The van der Waals surface area contributed by atoms with Gasteiger partial charge in [0.25, 0.3) is 0 Å². The highest BCUT2D eigenvalue weighted by Gasteiger charge is 2.22. The van der Waals surface area contributed by atoms with Crippen LogP contribution in [0.3, 0.4) is 0 Å². The Labute approximate surface area is 138 Å². The number of guanidine groups is 1. The molecule has 0 bridgehead atoms. The quantitative estimate of drug-likeness (QED) is 0.596. The molecule has 0 aliphatic heterocycles. The minimum atomic E-state index is 0.555. The van der Waals surface area contributed by atoms with Gasteiger partial charge in [0.1, 0.15) is 5.76 Å². The molecule has 0 saturated heterocycles. The maximum Gasteiger partial charge on any atom is 0.191 e.